The second kappa shape index (κ2) is 9.09. The number of ether oxygens (including phenoxy) is 1. The largest absolute Gasteiger partial charge is 0.384 e. The average Bonchev–Trinajstić information content (AvgIpc) is 2.66. The molecule has 6 heteroatoms. The standard InChI is InChI=1S/C20H25ClN2O2S/c1-25-14-20(8-10-22-11-9-20)13-23-18(24)12-26-17-7-3-5-15-4-2-6-16(21)19(15)17/h2-7,22H,8-14H2,1H3,(H,23,24). The molecular weight excluding hydrogens is 368 g/mol. The van der Waals surface area contributed by atoms with Crippen LogP contribution in [0.25, 0.3) is 10.8 Å². The number of nitrogens with one attached hydrogen (secondary N) is 2. The molecule has 0 bridgehead atoms. The third kappa shape index (κ3) is 4.71. The minimum atomic E-state index is 0.0447. The number of carbonyl (C=O) groups is 1. The highest BCUT2D eigenvalue weighted by atomic mass is 35.5. The molecule has 1 aliphatic rings. The number of amides is 1. The topological polar surface area (TPSA) is 50.4 Å². The van der Waals surface area contributed by atoms with Crippen LogP contribution in [0.4, 0.5) is 0 Å². The Morgan fingerprint density at radius 3 is 2.73 bits per heavy atom. The van der Waals surface area contributed by atoms with E-state index in [4.69, 9.17) is 16.3 Å². The molecule has 1 amide bonds. The minimum absolute atomic E-state index is 0.0447. The summed E-state index contributed by atoms with van der Waals surface area (Å²) in [7, 11) is 1.73. The van der Waals surface area contributed by atoms with Crippen LogP contribution in [-0.2, 0) is 9.53 Å². The second-order valence-electron chi connectivity index (χ2n) is 6.84. The lowest BCUT2D eigenvalue weighted by atomic mass is 9.79. The maximum absolute atomic E-state index is 12.4. The fourth-order valence-corrected chi connectivity index (χ4v) is 4.77. The predicted octanol–water partition coefficient (Wildman–Crippen LogP) is 3.72. The van der Waals surface area contributed by atoms with E-state index in [1.165, 1.54) is 11.8 Å². The molecule has 0 aliphatic carbocycles. The van der Waals surface area contributed by atoms with E-state index in [9.17, 15) is 4.79 Å². The highest BCUT2D eigenvalue weighted by Gasteiger charge is 2.32. The van der Waals surface area contributed by atoms with Gasteiger partial charge in [-0.25, -0.2) is 0 Å². The van der Waals surface area contributed by atoms with E-state index in [1.807, 2.05) is 36.4 Å². The smallest absolute Gasteiger partial charge is 0.230 e. The van der Waals surface area contributed by atoms with E-state index in [0.29, 0.717) is 18.9 Å². The third-order valence-corrected chi connectivity index (χ3v) is 6.32. The lowest BCUT2D eigenvalue weighted by Crippen LogP contribution is -2.47. The van der Waals surface area contributed by atoms with Crippen molar-refractivity contribution in [3.63, 3.8) is 0 Å². The van der Waals surface area contributed by atoms with E-state index in [-0.39, 0.29) is 11.3 Å². The van der Waals surface area contributed by atoms with Crippen LogP contribution in [0, 0.1) is 5.41 Å². The first-order chi connectivity index (χ1) is 12.6. The molecule has 0 aromatic heterocycles. The van der Waals surface area contributed by atoms with Gasteiger partial charge in [0.15, 0.2) is 0 Å². The normalized spacial score (nSPS) is 16.5. The van der Waals surface area contributed by atoms with E-state index in [2.05, 4.69) is 10.6 Å². The molecule has 1 heterocycles. The molecule has 0 spiro atoms. The highest BCUT2D eigenvalue weighted by molar-refractivity contribution is 8.00. The van der Waals surface area contributed by atoms with Crippen molar-refractivity contribution in [3.05, 3.63) is 41.4 Å². The van der Waals surface area contributed by atoms with Crippen molar-refractivity contribution in [2.24, 2.45) is 5.41 Å². The molecule has 2 aromatic rings. The van der Waals surface area contributed by atoms with Crippen LogP contribution in [0.5, 0.6) is 0 Å². The fraction of sp³-hybridized carbons (Fsp3) is 0.450. The van der Waals surface area contributed by atoms with Gasteiger partial charge in [-0.1, -0.05) is 35.9 Å². The molecule has 0 saturated carbocycles. The number of carbonyl (C=O) groups excluding carboxylic acids is 1. The number of piperidine rings is 1. The number of halogens is 1. The molecule has 2 aromatic carbocycles. The summed E-state index contributed by atoms with van der Waals surface area (Å²) < 4.78 is 5.41. The van der Waals surface area contributed by atoms with Crippen LogP contribution in [0.15, 0.2) is 41.3 Å². The zero-order chi connectivity index (χ0) is 18.4. The molecule has 2 N–H and O–H groups in total. The van der Waals surface area contributed by atoms with Crippen molar-refractivity contribution >= 4 is 40.0 Å². The monoisotopic (exact) mass is 392 g/mol. The zero-order valence-electron chi connectivity index (χ0n) is 15.0. The van der Waals surface area contributed by atoms with Gasteiger partial charge in [0.05, 0.1) is 12.4 Å². The number of hydrogen-bond acceptors (Lipinski definition) is 4. The van der Waals surface area contributed by atoms with E-state index < -0.39 is 0 Å². The van der Waals surface area contributed by atoms with E-state index in [0.717, 1.165) is 46.6 Å². The Hall–Kier alpha value is -1.27. The van der Waals surface area contributed by atoms with Gasteiger partial charge in [-0.15, -0.1) is 11.8 Å². The van der Waals surface area contributed by atoms with Crippen molar-refractivity contribution in [1.29, 1.82) is 0 Å². The predicted molar refractivity (Wildman–Crippen MR) is 109 cm³/mol. The summed E-state index contributed by atoms with van der Waals surface area (Å²) in [4.78, 5) is 13.4. The lowest BCUT2D eigenvalue weighted by molar-refractivity contribution is -0.119. The Balaban J connectivity index is 1.59. The van der Waals surface area contributed by atoms with Gasteiger partial charge in [0.25, 0.3) is 0 Å². The van der Waals surface area contributed by atoms with Gasteiger partial charge in [-0.3, -0.25) is 4.79 Å². The summed E-state index contributed by atoms with van der Waals surface area (Å²) in [5.41, 5.74) is 0.0447. The molecular formula is C20H25ClN2O2S. The number of hydrogen-bond donors (Lipinski definition) is 2. The Bertz CT molecular complexity index is 752. The lowest BCUT2D eigenvalue weighted by Gasteiger charge is -2.37. The van der Waals surface area contributed by atoms with Crippen LogP contribution in [0.2, 0.25) is 5.02 Å². The maximum atomic E-state index is 12.4. The molecule has 4 nitrogen and oxygen atoms in total. The van der Waals surface area contributed by atoms with Gasteiger partial charge >= 0.3 is 0 Å². The minimum Gasteiger partial charge on any atom is -0.384 e. The molecule has 1 fully saturated rings. The quantitative estimate of drug-likeness (QED) is 0.705. The maximum Gasteiger partial charge on any atom is 0.230 e. The van der Waals surface area contributed by atoms with Gasteiger partial charge in [0.2, 0.25) is 5.91 Å². The molecule has 0 radical (unpaired) electrons. The zero-order valence-corrected chi connectivity index (χ0v) is 16.6. The number of thioether (sulfide) groups is 1. The number of fused-ring (bicyclic) bond motifs is 1. The Labute approximate surface area is 164 Å². The van der Waals surface area contributed by atoms with E-state index in [1.54, 1.807) is 7.11 Å². The number of benzene rings is 2. The summed E-state index contributed by atoms with van der Waals surface area (Å²) in [6.45, 7) is 3.30. The van der Waals surface area contributed by atoms with Crippen molar-refractivity contribution in [2.75, 3.05) is 39.1 Å². The van der Waals surface area contributed by atoms with Crippen molar-refractivity contribution in [2.45, 2.75) is 17.7 Å². The van der Waals surface area contributed by atoms with Gasteiger partial charge < -0.3 is 15.4 Å². The summed E-state index contributed by atoms with van der Waals surface area (Å²) in [5, 5.41) is 9.31. The van der Waals surface area contributed by atoms with Gasteiger partial charge in [0.1, 0.15) is 0 Å². The van der Waals surface area contributed by atoms with Crippen molar-refractivity contribution in [1.82, 2.24) is 10.6 Å². The summed E-state index contributed by atoms with van der Waals surface area (Å²) in [6, 6.07) is 11.9. The Kier molecular flexibility index (Phi) is 6.81. The summed E-state index contributed by atoms with van der Waals surface area (Å²) in [6.07, 6.45) is 2.04. The molecule has 140 valence electrons. The van der Waals surface area contributed by atoms with Crippen LogP contribution in [-0.4, -0.2) is 45.0 Å². The van der Waals surface area contributed by atoms with Crippen LogP contribution >= 0.6 is 23.4 Å². The average molecular weight is 393 g/mol. The Morgan fingerprint density at radius 1 is 1.27 bits per heavy atom. The van der Waals surface area contributed by atoms with Crippen LogP contribution < -0.4 is 10.6 Å². The Morgan fingerprint density at radius 2 is 2.00 bits per heavy atom. The fourth-order valence-electron chi connectivity index (χ4n) is 3.50. The molecule has 1 saturated heterocycles. The molecule has 26 heavy (non-hydrogen) atoms. The van der Waals surface area contributed by atoms with Gasteiger partial charge in [-0.05, 0) is 43.5 Å². The van der Waals surface area contributed by atoms with Gasteiger partial charge in [0, 0.05) is 34.4 Å². The SMILES string of the molecule is COCC1(CNC(=O)CSc2cccc3cccc(Cl)c23)CCNCC1. The number of methoxy groups -OCH3 is 1. The third-order valence-electron chi connectivity index (χ3n) is 4.95. The first-order valence-electron chi connectivity index (χ1n) is 8.90. The molecule has 0 unspecified atom stereocenters. The number of rotatable bonds is 7. The first kappa shape index (κ1) is 19.5. The van der Waals surface area contributed by atoms with Crippen molar-refractivity contribution in [3.8, 4) is 0 Å². The second-order valence-corrected chi connectivity index (χ2v) is 8.27. The molecule has 0 atom stereocenters. The highest BCUT2D eigenvalue weighted by Crippen LogP contribution is 2.33. The summed E-state index contributed by atoms with van der Waals surface area (Å²) in [5.74, 6) is 0.430. The first-order valence-corrected chi connectivity index (χ1v) is 10.3. The van der Waals surface area contributed by atoms with Gasteiger partial charge in [-0.2, -0.15) is 0 Å². The molecule has 3 rings (SSSR count). The van der Waals surface area contributed by atoms with E-state index >= 15 is 0 Å². The van der Waals surface area contributed by atoms with Crippen LogP contribution in [0.3, 0.4) is 0 Å². The van der Waals surface area contributed by atoms with Crippen LogP contribution in [0.1, 0.15) is 12.8 Å². The van der Waals surface area contributed by atoms with Crippen molar-refractivity contribution < 1.29 is 9.53 Å². The molecule has 1 aliphatic heterocycles. The summed E-state index contributed by atoms with van der Waals surface area (Å²) >= 11 is 7.89.